The maximum atomic E-state index is 12.7. The van der Waals surface area contributed by atoms with Crippen LogP contribution in [0.3, 0.4) is 0 Å². The summed E-state index contributed by atoms with van der Waals surface area (Å²) >= 11 is 0. The van der Waals surface area contributed by atoms with Gasteiger partial charge in [-0.1, -0.05) is 72.8 Å². The fraction of sp³-hybridized carbons (Fsp3) is 0.286. The number of hydrogen-bond donors (Lipinski definition) is 6. The lowest BCUT2D eigenvalue weighted by Crippen LogP contribution is -2.37. The summed E-state index contributed by atoms with van der Waals surface area (Å²) in [5.41, 5.74) is 10.4. The number of amides is 2. The van der Waals surface area contributed by atoms with Crippen LogP contribution < -0.4 is 21.7 Å². The number of aliphatic hydroxyl groups is 2. The minimum absolute atomic E-state index is 0.0981. The first-order valence-electron chi connectivity index (χ1n) is 14.8. The number of carbonyl (C=O) groups excluding carboxylic acids is 2. The highest BCUT2D eigenvalue weighted by Crippen LogP contribution is 2.17. The van der Waals surface area contributed by atoms with Gasteiger partial charge in [0.15, 0.2) is 0 Å². The minimum Gasteiger partial charge on any atom is -0.387 e. The second-order valence-corrected chi connectivity index (χ2v) is 11.1. The third-order valence-electron chi connectivity index (χ3n) is 7.43. The van der Waals surface area contributed by atoms with E-state index in [0.29, 0.717) is 30.0 Å². The number of anilines is 1. The number of pyridine rings is 1. The third kappa shape index (κ3) is 9.74. The van der Waals surface area contributed by atoms with Gasteiger partial charge in [0.25, 0.3) is 5.91 Å². The molecule has 1 unspecified atom stereocenters. The number of nitrogens with zero attached hydrogens (tertiary/aromatic N) is 1. The largest absolute Gasteiger partial charge is 0.387 e. The van der Waals surface area contributed by atoms with Crippen molar-refractivity contribution in [3.05, 3.63) is 131 Å². The number of nitrogens with one attached hydrogen (secondary N) is 3. The van der Waals surface area contributed by atoms with Gasteiger partial charge >= 0.3 is 0 Å². The summed E-state index contributed by atoms with van der Waals surface area (Å²) in [7, 11) is 0. The monoisotopic (exact) mass is 595 g/mol. The highest BCUT2D eigenvalue weighted by Gasteiger charge is 2.19. The first-order chi connectivity index (χ1) is 21.2. The summed E-state index contributed by atoms with van der Waals surface area (Å²) in [5, 5.41) is 30.1. The molecule has 0 aliphatic carbocycles. The normalized spacial score (nSPS) is 13.8. The van der Waals surface area contributed by atoms with Crippen LogP contribution in [0.4, 0.5) is 5.82 Å². The standard InChI is InChI=1S/C35H41N5O4/c1-23(37-22-31(41)30-15-16-32(36)38-21-30)17-26-7-6-8-27(18-26)19-33(42)39-20-25-11-13-29(14-12-25)35(44)40-24(2)34(43)28-9-4-3-5-10-28/h3-16,18,21,23-24,31,34,37,41,43H,17,19-20,22H2,1-2H3,(H2,36,38)(H,39,42)(H,40,44)/t23?,24-,31-,34-/m0/s1. The second-order valence-electron chi connectivity index (χ2n) is 11.1. The molecule has 0 aliphatic rings. The van der Waals surface area contributed by atoms with E-state index in [1.807, 2.05) is 66.7 Å². The molecular weight excluding hydrogens is 554 g/mol. The van der Waals surface area contributed by atoms with Crippen molar-refractivity contribution < 1.29 is 19.8 Å². The van der Waals surface area contributed by atoms with Crippen LogP contribution in [0.25, 0.3) is 0 Å². The van der Waals surface area contributed by atoms with Crippen molar-refractivity contribution in [1.29, 1.82) is 0 Å². The first kappa shape index (κ1) is 32.3. The molecule has 7 N–H and O–H groups in total. The summed E-state index contributed by atoms with van der Waals surface area (Å²) < 4.78 is 0. The van der Waals surface area contributed by atoms with E-state index in [2.05, 4.69) is 27.9 Å². The zero-order valence-corrected chi connectivity index (χ0v) is 25.1. The number of aromatic nitrogens is 1. The summed E-state index contributed by atoms with van der Waals surface area (Å²) in [5.74, 6) is 0.0422. The Hall–Kier alpha value is -4.57. The van der Waals surface area contributed by atoms with Crippen LogP contribution in [0.15, 0.2) is 97.2 Å². The van der Waals surface area contributed by atoms with Crippen molar-refractivity contribution in [1.82, 2.24) is 20.9 Å². The number of carbonyl (C=O) groups is 2. The summed E-state index contributed by atoms with van der Waals surface area (Å²) in [6.45, 7) is 4.55. The molecule has 1 aromatic heterocycles. The molecular formula is C35H41N5O4. The number of nitrogens with two attached hydrogens (primary N) is 1. The van der Waals surface area contributed by atoms with E-state index in [-0.39, 0.29) is 24.3 Å². The van der Waals surface area contributed by atoms with Gasteiger partial charge in [0.1, 0.15) is 5.82 Å². The fourth-order valence-corrected chi connectivity index (χ4v) is 4.87. The Kier molecular flexibility index (Phi) is 11.6. The molecule has 230 valence electrons. The highest BCUT2D eigenvalue weighted by molar-refractivity contribution is 5.94. The van der Waals surface area contributed by atoms with Gasteiger partial charge < -0.3 is 31.9 Å². The molecule has 0 saturated carbocycles. The molecule has 0 radical (unpaired) electrons. The van der Waals surface area contributed by atoms with Crippen molar-refractivity contribution in [3.63, 3.8) is 0 Å². The van der Waals surface area contributed by atoms with E-state index in [4.69, 9.17) is 5.73 Å². The van der Waals surface area contributed by atoms with Crippen LogP contribution in [-0.2, 0) is 24.2 Å². The Balaban J connectivity index is 1.20. The van der Waals surface area contributed by atoms with Gasteiger partial charge in [-0.05, 0) is 60.7 Å². The lowest BCUT2D eigenvalue weighted by atomic mass is 10.0. The minimum atomic E-state index is -0.812. The Labute approximate surface area is 258 Å². The van der Waals surface area contributed by atoms with E-state index < -0.39 is 18.2 Å². The number of benzene rings is 3. The molecule has 0 spiro atoms. The maximum absolute atomic E-state index is 12.7. The van der Waals surface area contributed by atoms with Gasteiger partial charge in [0.2, 0.25) is 5.91 Å². The fourth-order valence-electron chi connectivity index (χ4n) is 4.87. The van der Waals surface area contributed by atoms with Crippen LogP contribution in [-0.4, -0.2) is 45.6 Å². The molecule has 3 aromatic carbocycles. The van der Waals surface area contributed by atoms with Crippen LogP contribution >= 0.6 is 0 Å². The van der Waals surface area contributed by atoms with Gasteiger partial charge in [0, 0.05) is 36.5 Å². The Bertz CT molecular complexity index is 1500. The van der Waals surface area contributed by atoms with E-state index in [9.17, 15) is 19.8 Å². The quantitative estimate of drug-likeness (QED) is 0.130. The molecule has 0 bridgehead atoms. The van der Waals surface area contributed by atoms with Crippen LogP contribution in [0, 0.1) is 0 Å². The molecule has 1 heterocycles. The molecule has 4 aromatic rings. The molecule has 2 amide bonds. The van der Waals surface area contributed by atoms with Gasteiger partial charge in [-0.3, -0.25) is 9.59 Å². The van der Waals surface area contributed by atoms with Crippen molar-refractivity contribution in [2.24, 2.45) is 0 Å². The predicted octanol–water partition coefficient (Wildman–Crippen LogP) is 3.63. The smallest absolute Gasteiger partial charge is 0.251 e. The summed E-state index contributed by atoms with van der Waals surface area (Å²) in [4.78, 5) is 29.4. The Morgan fingerprint density at radius 2 is 1.57 bits per heavy atom. The van der Waals surface area contributed by atoms with Gasteiger partial charge in [-0.15, -0.1) is 0 Å². The predicted molar refractivity (Wildman–Crippen MR) is 172 cm³/mol. The number of nitrogen functional groups attached to an aromatic ring is 1. The SMILES string of the molecule is CC(Cc1cccc(CC(=O)NCc2ccc(C(=O)N[C@@H](C)[C@H](O)c3ccccc3)cc2)c1)NC[C@H](O)c1ccc(N)nc1. The van der Waals surface area contributed by atoms with E-state index >= 15 is 0 Å². The summed E-state index contributed by atoms with van der Waals surface area (Å²) in [6, 6.07) is 27.3. The topological polar surface area (TPSA) is 150 Å². The molecule has 0 saturated heterocycles. The average Bonchev–Trinajstić information content (AvgIpc) is 3.03. The van der Waals surface area contributed by atoms with Crippen LogP contribution in [0.2, 0.25) is 0 Å². The molecule has 9 heteroatoms. The molecule has 44 heavy (non-hydrogen) atoms. The van der Waals surface area contributed by atoms with Gasteiger partial charge in [-0.25, -0.2) is 4.98 Å². The molecule has 0 fully saturated rings. The highest BCUT2D eigenvalue weighted by atomic mass is 16.3. The van der Waals surface area contributed by atoms with Crippen molar-refractivity contribution >= 4 is 17.6 Å². The molecule has 9 nitrogen and oxygen atoms in total. The average molecular weight is 596 g/mol. The molecule has 4 rings (SSSR count). The zero-order valence-electron chi connectivity index (χ0n) is 25.1. The molecule has 0 aliphatic heterocycles. The van der Waals surface area contributed by atoms with Gasteiger partial charge in [-0.2, -0.15) is 0 Å². The number of aliphatic hydroxyl groups excluding tert-OH is 2. The lowest BCUT2D eigenvalue weighted by Gasteiger charge is -2.20. The van der Waals surface area contributed by atoms with Crippen LogP contribution in [0.1, 0.15) is 64.2 Å². The zero-order chi connectivity index (χ0) is 31.5. The van der Waals surface area contributed by atoms with Crippen molar-refractivity contribution in [3.8, 4) is 0 Å². The van der Waals surface area contributed by atoms with Gasteiger partial charge in [0.05, 0.1) is 24.7 Å². The van der Waals surface area contributed by atoms with E-state index in [1.165, 1.54) is 0 Å². The number of hydrogen-bond acceptors (Lipinski definition) is 7. The lowest BCUT2D eigenvalue weighted by molar-refractivity contribution is -0.120. The van der Waals surface area contributed by atoms with Crippen molar-refractivity contribution in [2.45, 2.75) is 57.5 Å². The van der Waals surface area contributed by atoms with E-state index in [0.717, 1.165) is 28.7 Å². The first-order valence-corrected chi connectivity index (χ1v) is 14.8. The second kappa shape index (κ2) is 15.8. The Morgan fingerprint density at radius 3 is 2.27 bits per heavy atom. The summed E-state index contributed by atoms with van der Waals surface area (Å²) in [6.07, 6.45) is 1.08. The van der Waals surface area contributed by atoms with E-state index in [1.54, 1.807) is 37.4 Å². The molecule has 4 atom stereocenters. The third-order valence-corrected chi connectivity index (χ3v) is 7.43. The van der Waals surface area contributed by atoms with Crippen molar-refractivity contribution in [2.75, 3.05) is 12.3 Å². The van der Waals surface area contributed by atoms with Crippen LogP contribution in [0.5, 0.6) is 0 Å². The maximum Gasteiger partial charge on any atom is 0.251 e. The number of rotatable bonds is 14. The Morgan fingerprint density at radius 1 is 0.841 bits per heavy atom.